The van der Waals surface area contributed by atoms with E-state index in [0.29, 0.717) is 0 Å². The number of nitrogens with zero attached hydrogens (tertiary/aromatic N) is 3. The smallest absolute Gasteiger partial charge is 0.255 e. The standard InChI is InChI=1S/C15H13N3O/c19-14-11-4-1-2-5-12(11)15(7-3-9-18(14)15)13-6-8-16-10-17-13/h1-2,4-6,8,10H,3,7,9H2. The third-order valence-electron chi connectivity index (χ3n) is 4.23. The van der Waals surface area contributed by atoms with Crippen molar-refractivity contribution in [2.75, 3.05) is 6.54 Å². The quantitative estimate of drug-likeness (QED) is 0.778. The van der Waals surface area contributed by atoms with Crippen LogP contribution in [0.15, 0.2) is 42.9 Å². The summed E-state index contributed by atoms with van der Waals surface area (Å²) in [5.74, 6) is 0.131. The van der Waals surface area contributed by atoms with Crippen molar-refractivity contribution in [2.24, 2.45) is 0 Å². The molecule has 0 aliphatic carbocycles. The Morgan fingerprint density at radius 2 is 2.11 bits per heavy atom. The highest BCUT2D eigenvalue weighted by molar-refractivity contribution is 6.01. The van der Waals surface area contributed by atoms with Gasteiger partial charge in [0.1, 0.15) is 11.9 Å². The van der Waals surface area contributed by atoms with Crippen LogP contribution in [0.2, 0.25) is 0 Å². The van der Waals surface area contributed by atoms with Gasteiger partial charge in [0, 0.05) is 18.3 Å². The van der Waals surface area contributed by atoms with E-state index in [0.717, 1.165) is 36.2 Å². The molecule has 0 saturated carbocycles. The maximum Gasteiger partial charge on any atom is 0.255 e. The van der Waals surface area contributed by atoms with Gasteiger partial charge in [-0.3, -0.25) is 4.79 Å². The van der Waals surface area contributed by atoms with Gasteiger partial charge in [-0.2, -0.15) is 0 Å². The maximum atomic E-state index is 12.5. The number of aromatic nitrogens is 2. The van der Waals surface area contributed by atoms with Crippen molar-refractivity contribution >= 4 is 5.91 Å². The van der Waals surface area contributed by atoms with Crippen molar-refractivity contribution in [3.05, 3.63) is 59.7 Å². The summed E-state index contributed by atoms with van der Waals surface area (Å²) in [5.41, 5.74) is 2.48. The van der Waals surface area contributed by atoms with E-state index in [1.165, 1.54) is 0 Å². The molecule has 0 radical (unpaired) electrons. The van der Waals surface area contributed by atoms with Crippen molar-refractivity contribution in [3.63, 3.8) is 0 Å². The van der Waals surface area contributed by atoms with Gasteiger partial charge in [0.15, 0.2) is 0 Å². The predicted octanol–water partition coefficient (Wildman–Crippen LogP) is 1.97. The van der Waals surface area contributed by atoms with Crippen LogP contribution < -0.4 is 0 Å². The van der Waals surface area contributed by atoms with Crippen LogP contribution in [-0.4, -0.2) is 27.3 Å². The molecule has 4 heteroatoms. The van der Waals surface area contributed by atoms with E-state index in [1.807, 2.05) is 29.2 Å². The SMILES string of the molecule is O=C1c2ccccc2C2(c3ccncn3)CCCN12. The molecule has 1 aromatic carbocycles. The van der Waals surface area contributed by atoms with Crippen molar-refractivity contribution in [1.29, 1.82) is 0 Å². The largest absolute Gasteiger partial charge is 0.323 e. The fourth-order valence-corrected chi connectivity index (χ4v) is 3.49. The average molecular weight is 251 g/mol. The van der Waals surface area contributed by atoms with Crippen LogP contribution in [0.3, 0.4) is 0 Å². The number of fused-ring (bicyclic) bond motifs is 3. The minimum absolute atomic E-state index is 0.131. The molecular weight excluding hydrogens is 238 g/mol. The lowest BCUT2D eigenvalue weighted by Crippen LogP contribution is -2.40. The minimum Gasteiger partial charge on any atom is -0.323 e. The van der Waals surface area contributed by atoms with Crippen LogP contribution in [0.25, 0.3) is 0 Å². The number of hydrogen-bond donors (Lipinski definition) is 0. The first-order chi connectivity index (χ1) is 9.34. The molecule has 94 valence electrons. The lowest BCUT2D eigenvalue weighted by Gasteiger charge is -2.32. The van der Waals surface area contributed by atoms with Gasteiger partial charge < -0.3 is 4.90 Å². The van der Waals surface area contributed by atoms with Crippen molar-refractivity contribution in [3.8, 4) is 0 Å². The molecule has 19 heavy (non-hydrogen) atoms. The number of carbonyl (C=O) groups is 1. The second kappa shape index (κ2) is 3.63. The van der Waals surface area contributed by atoms with E-state index < -0.39 is 0 Å². The van der Waals surface area contributed by atoms with Crippen LogP contribution in [0, 0.1) is 0 Å². The number of carbonyl (C=O) groups excluding carboxylic acids is 1. The fourth-order valence-electron chi connectivity index (χ4n) is 3.49. The lowest BCUT2D eigenvalue weighted by molar-refractivity contribution is 0.0706. The van der Waals surface area contributed by atoms with Crippen LogP contribution in [0.4, 0.5) is 0 Å². The molecule has 3 heterocycles. The zero-order chi connectivity index (χ0) is 12.9. The van der Waals surface area contributed by atoms with E-state index in [4.69, 9.17) is 0 Å². The average Bonchev–Trinajstić information content (AvgIpc) is 3.01. The summed E-state index contributed by atoms with van der Waals surface area (Å²) >= 11 is 0. The molecule has 0 bridgehead atoms. The molecule has 0 N–H and O–H groups in total. The Morgan fingerprint density at radius 1 is 1.21 bits per heavy atom. The van der Waals surface area contributed by atoms with Crippen LogP contribution >= 0.6 is 0 Å². The molecular formula is C15H13N3O. The summed E-state index contributed by atoms with van der Waals surface area (Å²) in [6.45, 7) is 0.803. The van der Waals surface area contributed by atoms with Gasteiger partial charge in [-0.05, 0) is 30.5 Å². The Labute approximate surface area is 111 Å². The summed E-state index contributed by atoms with van der Waals surface area (Å²) in [6, 6.07) is 9.82. The number of rotatable bonds is 1. The van der Waals surface area contributed by atoms with Gasteiger partial charge in [-0.25, -0.2) is 9.97 Å². The maximum absolute atomic E-state index is 12.5. The zero-order valence-corrected chi connectivity index (χ0v) is 10.4. The first-order valence-electron chi connectivity index (χ1n) is 6.52. The Hall–Kier alpha value is -2.23. The van der Waals surface area contributed by atoms with E-state index in [-0.39, 0.29) is 11.4 Å². The third kappa shape index (κ3) is 1.21. The molecule has 1 saturated heterocycles. The first kappa shape index (κ1) is 10.7. The van der Waals surface area contributed by atoms with Crippen LogP contribution in [0.1, 0.15) is 34.5 Å². The monoisotopic (exact) mass is 251 g/mol. The first-order valence-corrected chi connectivity index (χ1v) is 6.52. The molecule has 2 aliphatic heterocycles. The molecule has 2 aliphatic rings. The number of amides is 1. The number of hydrogen-bond acceptors (Lipinski definition) is 3. The highest BCUT2D eigenvalue weighted by atomic mass is 16.2. The van der Waals surface area contributed by atoms with Gasteiger partial charge in [0.05, 0.1) is 5.69 Å². The van der Waals surface area contributed by atoms with Crippen molar-refractivity contribution in [2.45, 2.75) is 18.4 Å². The Bertz CT molecular complexity index is 655. The van der Waals surface area contributed by atoms with E-state index in [2.05, 4.69) is 16.0 Å². The molecule has 1 fully saturated rings. The van der Waals surface area contributed by atoms with E-state index in [9.17, 15) is 4.79 Å². The second-order valence-corrected chi connectivity index (χ2v) is 5.06. The summed E-state index contributed by atoms with van der Waals surface area (Å²) in [5, 5.41) is 0. The second-order valence-electron chi connectivity index (χ2n) is 5.06. The van der Waals surface area contributed by atoms with Crippen molar-refractivity contribution in [1.82, 2.24) is 14.9 Å². The molecule has 1 unspecified atom stereocenters. The number of benzene rings is 1. The van der Waals surface area contributed by atoms with Crippen LogP contribution in [0.5, 0.6) is 0 Å². The molecule has 4 rings (SSSR count). The zero-order valence-electron chi connectivity index (χ0n) is 10.4. The lowest BCUT2D eigenvalue weighted by atomic mass is 9.85. The van der Waals surface area contributed by atoms with E-state index in [1.54, 1.807) is 12.5 Å². The van der Waals surface area contributed by atoms with Crippen LogP contribution in [-0.2, 0) is 5.54 Å². The highest BCUT2D eigenvalue weighted by Gasteiger charge is 2.54. The summed E-state index contributed by atoms with van der Waals surface area (Å²) in [6.07, 6.45) is 5.27. The van der Waals surface area contributed by atoms with Gasteiger partial charge >= 0.3 is 0 Å². The molecule has 1 aromatic heterocycles. The Morgan fingerprint density at radius 3 is 2.95 bits per heavy atom. The van der Waals surface area contributed by atoms with Crippen molar-refractivity contribution < 1.29 is 4.79 Å². The molecule has 1 amide bonds. The summed E-state index contributed by atoms with van der Waals surface area (Å²) in [7, 11) is 0. The predicted molar refractivity (Wildman–Crippen MR) is 69.5 cm³/mol. The topological polar surface area (TPSA) is 46.1 Å². The Kier molecular flexibility index (Phi) is 2.04. The third-order valence-corrected chi connectivity index (χ3v) is 4.23. The van der Waals surface area contributed by atoms with Gasteiger partial charge in [0.2, 0.25) is 0 Å². The van der Waals surface area contributed by atoms with Gasteiger partial charge in [-0.15, -0.1) is 0 Å². The minimum atomic E-state index is -0.364. The highest BCUT2D eigenvalue weighted by Crippen LogP contribution is 2.49. The van der Waals surface area contributed by atoms with Gasteiger partial charge in [0.25, 0.3) is 5.91 Å². The Balaban J connectivity index is 2.02. The fraction of sp³-hybridized carbons (Fsp3) is 0.267. The molecule has 0 spiro atoms. The van der Waals surface area contributed by atoms with Gasteiger partial charge in [-0.1, -0.05) is 18.2 Å². The molecule has 2 aromatic rings. The summed E-state index contributed by atoms with van der Waals surface area (Å²) < 4.78 is 0. The summed E-state index contributed by atoms with van der Waals surface area (Å²) in [4.78, 5) is 22.9. The molecule has 1 atom stereocenters. The van der Waals surface area contributed by atoms with E-state index >= 15 is 0 Å². The molecule has 4 nitrogen and oxygen atoms in total. The normalized spacial score (nSPS) is 24.4.